The van der Waals surface area contributed by atoms with Gasteiger partial charge in [-0.1, -0.05) is 188 Å². The summed E-state index contributed by atoms with van der Waals surface area (Å²) < 4.78 is 2.44. The first kappa shape index (κ1) is 36.0. The molecule has 11 rings (SSSR count). The van der Waals surface area contributed by atoms with Crippen molar-refractivity contribution in [1.29, 1.82) is 0 Å². The maximum atomic E-state index is 5.14. The first-order valence-corrected chi connectivity index (χ1v) is 20.8. The van der Waals surface area contributed by atoms with Gasteiger partial charge in [-0.25, -0.2) is 9.98 Å². The van der Waals surface area contributed by atoms with Crippen molar-refractivity contribution in [1.82, 2.24) is 9.88 Å². The summed E-state index contributed by atoms with van der Waals surface area (Å²) in [4.78, 5) is 10.2. The highest BCUT2D eigenvalue weighted by Gasteiger charge is 2.22. The lowest BCUT2D eigenvalue weighted by Crippen LogP contribution is -2.33. The van der Waals surface area contributed by atoms with E-state index in [2.05, 4.69) is 216 Å². The van der Waals surface area contributed by atoms with Crippen molar-refractivity contribution in [2.75, 3.05) is 0 Å². The number of hydrogen-bond donors (Lipinski definition) is 1. The quantitative estimate of drug-likeness (QED) is 0.164. The maximum absolute atomic E-state index is 5.14. The first-order valence-electron chi connectivity index (χ1n) is 20.8. The van der Waals surface area contributed by atoms with Crippen LogP contribution in [0.3, 0.4) is 0 Å². The van der Waals surface area contributed by atoms with Crippen LogP contribution in [0.1, 0.15) is 22.9 Å². The van der Waals surface area contributed by atoms with Crippen molar-refractivity contribution < 1.29 is 0 Å². The number of aliphatic imine (C=N–C) groups is 2. The van der Waals surface area contributed by atoms with Crippen molar-refractivity contribution in [2.45, 2.75) is 6.17 Å². The van der Waals surface area contributed by atoms with Gasteiger partial charge in [-0.2, -0.15) is 0 Å². The second kappa shape index (κ2) is 15.6. The van der Waals surface area contributed by atoms with Gasteiger partial charge in [-0.15, -0.1) is 0 Å². The van der Waals surface area contributed by atoms with Crippen LogP contribution in [0.15, 0.2) is 241 Å². The van der Waals surface area contributed by atoms with Crippen molar-refractivity contribution in [3.8, 4) is 50.2 Å². The summed E-state index contributed by atoms with van der Waals surface area (Å²) >= 11 is 0. The molecule has 0 saturated carbocycles. The van der Waals surface area contributed by atoms with Crippen LogP contribution in [-0.4, -0.2) is 16.2 Å². The van der Waals surface area contributed by atoms with Gasteiger partial charge < -0.3 is 9.88 Å². The number of hydrogen-bond acceptors (Lipinski definition) is 3. The van der Waals surface area contributed by atoms with Crippen LogP contribution in [-0.2, 0) is 0 Å². The average molecular weight is 781 g/mol. The monoisotopic (exact) mass is 780 g/mol. The molecule has 0 spiro atoms. The molecule has 0 fully saturated rings. The molecule has 1 unspecified atom stereocenters. The largest absolute Gasteiger partial charge is 0.344 e. The molecular weight excluding hydrogens is 741 g/mol. The van der Waals surface area contributed by atoms with E-state index in [-0.39, 0.29) is 6.17 Å². The summed E-state index contributed by atoms with van der Waals surface area (Å²) in [6.07, 6.45) is -0.257. The van der Waals surface area contributed by atoms with Gasteiger partial charge in [0.15, 0.2) is 5.84 Å². The predicted octanol–water partition coefficient (Wildman–Crippen LogP) is 13.9. The Bertz CT molecular complexity index is 3260. The average Bonchev–Trinajstić information content (AvgIpc) is 3.69. The summed E-state index contributed by atoms with van der Waals surface area (Å²) in [5.41, 5.74) is 15.9. The molecule has 0 saturated heterocycles. The van der Waals surface area contributed by atoms with Gasteiger partial charge in [0, 0.05) is 27.6 Å². The second-order valence-corrected chi connectivity index (χ2v) is 15.5. The molecule has 288 valence electrons. The number of rotatable bonds is 8. The number of para-hydroxylation sites is 1. The molecule has 1 aliphatic heterocycles. The van der Waals surface area contributed by atoms with E-state index < -0.39 is 0 Å². The van der Waals surface area contributed by atoms with Crippen LogP contribution < -0.4 is 5.32 Å². The van der Waals surface area contributed by atoms with Crippen molar-refractivity contribution >= 4 is 33.5 Å². The molecule has 2 heterocycles. The zero-order valence-corrected chi connectivity index (χ0v) is 33.4. The third-order valence-corrected chi connectivity index (χ3v) is 11.6. The highest BCUT2D eigenvalue weighted by molar-refractivity contribution is 6.17. The van der Waals surface area contributed by atoms with E-state index in [9.17, 15) is 0 Å². The fourth-order valence-corrected chi connectivity index (χ4v) is 8.68. The van der Waals surface area contributed by atoms with E-state index in [1.165, 1.54) is 44.1 Å². The molecule has 9 aromatic carbocycles. The lowest BCUT2D eigenvalue weighted by Gasteiger charge is -2.23. The Hall–Kier alpha value is -8.08. The molecule has 10 aromatic rings. The molecular formula is C57H40N4. The molecule has 61 heavy (non-hydrogen) atoms. The Kier molecular flexibility index (Phi) is 9.21. The molecule has 0 amide bonds. The van der Waals surface area contributed by atoms with E-state index in [0.717, 1.165) is 50.5 Å². The number of amidine groups is 2. The van der Waals surface area contributed by atoms with E-state index in [4.69, 9.17) is 9.98 Å². The Morgan fingerprint density at radius 3 is 1.59 bits per heavy atom. The molecule has 4 nitrogen and oxygen atoms in total. The highest BCUT2D eigenvalue weighted by Crippen LogP contribution is 2.42. The third-order valence-electron chi connectivity index (χ3n) is 11.6. The zero-order chi connectivity index (χ0) is 40.5. The van der Waals surface area contributed by atoms with Crippen molar-refractivity contribution in [3.05, 3.63) is 247 Å². The van der Waals surface area contributed by atoms with Gasteiger partial charge in [0.25, 0.3) is 0 Å². The Morgan fingerprint density at radius 2 is 0.902 bits per heavy atom. The van der Waals surface area contributed by atoms with Crippen molar-refractivity contribution in [3.63, 3.8) is 0 Å². The second-order valence-electron chi connectivity index (χ2n) is 15.5. The van der Waals surface area contributed by atoms with Crippen LogP contribution in [0.25, 0.3) is 72.0 Å². The Morgan fingerprint density at radius 1 is 0.377 bits per heavy atom. The lowest BCUT2D eigenvalue weighted by atomic mass is 9.94. The standard InChI is InChI=1S/C57H40N4/c1-5-18-39(19-6-1)48-37-51(40-20-7-2-8-21-40)54-50-32-13-14-33-52(50)61(53(54)38-48)49-31-17-29-46(36-49)44-27-15-26-43(34-44)45-28-16-30-47(35-45)57-59-55(41-22-9-3-10-23-41)58-56(60-57)42-24-11-4-12-25-42/h1-38,55H,(H,58,59,60). The maximum Gasteiger partial charge on any atom is 0.159 e. The molecule has 0 radical (unpaired) electrons. The van der Waals surface area contributed by atoms with Crippen LogP contribution in [0, 0.1) is 0 Å². The van der Waals surface area contributed by atoms with Crippen molar-refractivity contribution in [2.24, 2.45) is 9.98 Å². The van der Waals surface area contributed by atoms with Gasteiger partial charge >= 0.3 is 0 Å². The van der Waals surface area contributed by atoms with Gasteiger partial charge in [-0.3, -0.25) is 0 Å². The van der Waals surface area contributed by atoms with Crippen LogP contribution in [0.4, 0.5) is 0 Å². The summed E-state index contributed by atoms with van der Waals surface area (Å²) in [5.74, 6) is 1.51. The Balaban J connectivity index is 1.00. The fraction of sp³-hybridized carbons (Fsp3) is 0.0175. The summed E-state index contributed by atoms with van der Waals surface area (Å²) in [7, 11) is 0. The molecule has 0 bridgehead atoms. The molecule has 1 N–H and O–H groups in total. The third kappa shape index (κ3) is 6.90. The van der Waals surface area contributed by atoms with E-state index in [1.54, 1.807) is 0 Å². The highest BCUT2D eigenvalue weighted by atomic mass is 15.2. The normalized spacial score (nSPS) is 13.7. The lowest BCUT2D eigenvalue weighted by molar-refractivity contribution is 0.674. The summed E-state index contributed by atoms with van der Waals surface area (Å²) in [6.45, 7) is 0. The van der Waals surface area contributed by atoms with Crippen LogP contribution in [0.5, 0.6) is 0 Å². The SMILES string of the molecule is c1ccc(C2=NC(c3cccc(-c4cccc(-c5cccc(-n6c7ccccc7c7c(-c8ccccc8)cc(-c8ccccc8)cc76)c5)c4)c3)=NC(c3ccccc3)N2)cc1. The van der Waals surface area contributed by atoms with Crippen LogP contribution >= 0.6 is 0 Å². The predicted molar refractivity (Wildman–Crippen MR) is 254 cm³/mol. The van der Waals surface area contributed by atoms with E-state index in [0.29, 0.717) is 5.84 Å². The molecule has 1 atom stereocenters. The number of nitrogens with zero attached hydrogens (tertiary/aromatic N) is 3. The molecule has 4 heteroatoms. The van der Waals surface area contributed by atoms with Crippen LogP contribution in [0.2, 0.25) is 0 Å². The number of benzene rings is 9. The molecule has 1 aliphatic rings. The number of fused-ring (bicyclic) bond motifs is 3. The van der Waals surface area contributed by atoms with Gasteiger partial charge in [-0.05, 0) is 92.5 Å². The zero-order valence-electron chi connectivity index (χ0n) is 33.4. The van der Waals surface area contributed by atoms with Gasteiger partial charge in [0.2, 0.25) is 0 Å². The first-order chi connectivity index (χ1) is 30.2. The van der Waals surface area contributed by atoms with E-state index >= 15 is 0 Å². The van der Waals surface area contributed by atoms with Gasteiger partial charge in [0.1, 0.15) is 12.0 Å². The minimum Gasteiger partial charge on any atom is -0.344 e. The summed E-state index contributed by atoms with van der Waals surface area (Å²) in [6, 6.07) is 82.0. The van der Waals surface area contributed by atoms with Gasteiger partial charge in [0.05, 0.1) is 11.0 Å². The smallest absolute Gasteiger partial charge is 0.159 e. The fourth-order valence-electron chi connectivity index (χ4n) is 8.68. The molecule has 0 aliphatic carbocycles. The van der Waals surface area contributed by atoms with E-state index in [1.807, 2.05) is 24.3 Å². The topological polar surface area (TPSA) is 41.7 Å². The minimum absolute atomic E-state index is 0.257. The number of nitrogens with one attached hydrogen (secondary N) is 1. The number of aromatic nitrogens is 1. The molecule has 1 aromatic heterocycles. The Labute approximate surface area is 355 Å². The summed E-state index contributed by atoms with van der Waals surface area (Å²) in [5, 5.41) is 6.06. The minimum atomic E-state index is -0.257.